The van der Waals surface area contributed by atoms with Crippen LogP contribution in [-0.2, 0) is 14.8 Å². The molecule has 0 saturated carbocycles. The highest BCUT2D eigenvalue weighted by atomic mass is 35.5. The smallest absolute Gasteiger partial charge is 0.238 e. The molecule has 0 unspecified atom stereocenters. The van der Waals surface area contributed by atoms with Crippen LogP contribution in [0.1, 0.15) is 23.5 Å². The van der Waals surface area contributed by atoms with Crippen molar-refractivity contribution in [1.29, 1.82) is 5.26 Å². The molecule has 1 amide bonds. The maximum Gasteiger partial charge on any atom is 0.238 e. The fraction of sp³-hybridized carbons (Fsp3) is 0.130. The number of sulfonamides is 1. The van der Waals surface area contributed by atoms with Gasteiger partial charge in [-0.3, -0.25) is 4.79 Å². The number of nitrogens with zero attached hydrogens (tertiary/aromatic N) is 2. The van der Waals surface area contributed by atoms with Crippen molar-refractivity contribution in [1.82, 2.24) is 0 Å². The van der Waals surface area contributed by atoms with Crippen molar-refractivity contribution < 1.29 is 22.3 Å². The monoisotopic (exact) mass is 485 g/mol. The molecule has 1 heterocycles. The number of benzene rings is 3. The molecular weight excluding hydrogens is 469 g/mol. The van der Waals surface area contributed by atoms with Gasteiger partial charge in [0.25, 0.3) is 0 Å². The average molecular weight is 486 g/mol. The molecule has 1 aliphatic heterocycles. The number of carbonyl (C=O) groups excluding carboxylic acids is 1. The second-order valence-corrected chi connectivity index (χ2v) is 9.43. The third-order valence-electron chi connectivity index (χ3n) is 5.34. The Kier molecular flexibility index (Phi) is 6.08. The number of rotatable bonds is 5. The Morgan fingerprint density at radius 2 is 1.85 bits per heavy atom. The topological polar surface area (TPSA) is 113 Å². The van der Waals surface area contributed by atoms with Gasteiger partial charge in [0.15, 0.2) is 0 Å². The molecule has 2 N–H and O–H groups in total. The summed E-state index contributed by atoms with van der Waals surface area (Å²) in [6.07, 6.45) is 0.224. The third-order valence-corrected chi connectivity index (χ3v) is 6.58. The van der Waals surface area contributed by atoms with Crippen LogP contribution in [0.25, 0.3) is 0 Å². The standard InChI is InChI=1S/C23H17ClFN3O4S/c24-19-9-4-14(10-22(19)32-21-3-1-2-20(25)18(21)12-26)15-11-23(29)28(13-15)16-5-7-17(8-6-16)33(27,30)31/h1-10,15H,11,13H2,(H2,27,30,31)/t15-/m0/s1. The number of hydrogen-bond donors (Lipinski definition) is 1. The van der Waals surface area contributed by atoms with Crippen molar-refractivity contribution in [3.05, 3.63) is 82.6 Å². The lowest BCUT2D eigenvalue weighted by Crippen LogP contribution is -2.24. The third kappa shape index (κ3) is 4.68. The quantitative estimate of drug-likeness (QED) is 0.578. The van der Waals surface area contributed by atoms with Crippen LogP contribution in [0.2, 0.25) is 5.02 Å². The zero-order valence-electron chi connectivity index (χ0n) is 17.0. The first-order valence-electron chi connectivity index (χ1n) is 9.76. The van der Waals surface area contributed by atoms with E-state index in [1.807, 2.05) is 0 Å². The molecule has 0 aromatic heterocycles. The van der Waals surface area contributed by atoms with Gasteiger partial charge < -0.3 is 9.64 Å². The maximum absolute atomic E-state index is 13.9. The molecule has 33 heavy (non-hydrogen) atoms. The summed E-state index contributed by atoms with van der Waals surface area (Å²) in [5.74, 6) is -0.737. The van der Waals surface area contributed by atoms with Crippen molar-refractivity contribution in [2.24, 2.45) is 5.14 Å². The number of primary sulfonamides is 1. The Bertz CT molecular complexity index is 1390. The van der Waals surface area contributed by atoms with E-state index in [0.29, 0.717) is 12.2 Å². The Morgan fingerprint density at radius 1 is 1.12 bits per heavy atom. The number of nitrogens with two attached hydrogens (primary N) is 1. The number of ether oxygens (including phenoxy) is 1. The molecule has 1 fully saturated rings. The molecule has 168 valence electrons. The normalized spacial score (nSPS) is 16.0. The van der Waals surface area contributed by atoms with Crippen molar-refractivity contribution in [2.75, 3.05) is 11.4 Å². The Hall–Kier alpha value is -3.45. The molecule has 0 bridgehead atoms. The van der Waals surface area contributed by atoms with Gasteiger partial charge in [-0.05, 0) is 54.1 Å². The van der Waals surface area contributed by atoms with Gasteiger partial charge in [0.05, 0.1) is 9.92 Å². The molecule has 3 aromatic carbocycles. The molecule has 1 aliphatic rings. The van der Waals surface area contributed by atoms with E-state index in [0.717, 1.165) is 11.6 Å². The van der Waals surface area contributed by atoms with Crippen molar-refractivity contribution >= 4 is 33.2 Å². The van der Waals surface area contributed by atoms with Gasteiger partial charge in [0.1, 0.15) is 28.9 Å². The SMILES string of the molecule is N#Cc1c(F)cccc1Oc1cc([C@H]2CC(=O)N(c3ccc(S(N)(=O)=O)cc3)C2)ccc1Cl. The number of halogens is 2. The molecular formula is C23H17ClFN3O4S. The van der Waals surface area contributed by atoms with Gasteiger partial charge in [-0.25, -0.2) is 17.9 Å². The summed E-state index contributed by atoms with van der Waals surface area (Å²) in [7, 11) is -3.83. The Labute approximate surface area is 194 Å². The van der Waals surface area contributed by atoms with E-state index < -0.39 is 15.8 Å². The number of carbonyl (C=O) groups is 1. The second kappa shape index (κ2) is 8.83. The number of amides is 1. The van der Waals surface area contributed by atoms with Gasteiger partial charge in [0.2, 0.25) is 15.9 Å². The molecule has 3 aromatic rings. The highest BCUT2D eigenvalue weighted by Gasteiger charge is 2.32. The van der Waals surface area contributed by atoms with E-state index in [1.165, 1.54) is 36.4 Å². The minimum atomic E-state index is -3.83. The van der Waals surface area contributed by atoms with Crippen molar-refractivity contribution in [2.45, 2.75) is 17.2 Å². The summed E-state index contributed by atoms with van der Waals surface area (Å²) >= 11 is 6.25. The molecule has 0 aliphatic carbocycles. The largest absolute Gasteiger partial charge is 0.454 e. The van der Waals surface area contributed by atoms with E-state index in [9.17, 15) is 22.9 Å². The van der Waals surface area contributed by atoms with Crippen LogP contribution in [0.4, 0.5) is 10.1 Å². The second-order valence-electron chi connectivity index (χ2n) is 7.46. The fourth-order valence-electron chi connectivity index (χ4n) is 3.66. The number of nitriles is 1. The molecule has 10 heteroatoms. The van der Waals surface area contributed by atoms with E-state index in [4.69, 9.17) is 21.5 Å². The van der Waals surface area contributed by atoms with Crippen molar-refractivity contribution in [3.63, 3.8) is 0 Å². The molecule has 1 atom stereocenters. The summed E-state index contributed by atoms with van der Waals surface area (Å²) in [4.78, 5) is 14.2. The maximum atomic E-state index is 13.9. The van der Waals surface area contributed by atoms with Gasteiger partial charge in [0, 0.05) is 24.6 Å². The zero-order valence-corrected chi connectivity index (χ0v) is 18.6. The molecule has 0 radical (unpaired) electrons. The number of anilines is 1. The minimum Gasteiger partial charge on any atom is -0.454 e. The number of hydrogen-bond acceptors (Lipinski definition) is 5. The van der Waals surface area contributed by atoms with E-state index in [2.05, 4.69) is 0 Å². The lowest BCUT2D eigenvalue weighted by atomic mass is 9.98. The highest BCUT2D eigenvalue weighted by molar-refractivity contribution is 7.89. The first-order valence-corrected chi connectivity index (χ1v) is 11.7. The summed E-state index contributed by atoms with van der Waals surface area (Å²) < 4.78 is 42.5. The van der Waals surface area contributed by atoms with E-state index >= 15 is 0 Å². The molecule has 4 rings (SSSR count). The molecule has 7 nitrogen and oxygen atoms in total. The first-order chi connectivity index (χ1) is 15.7. The van der Waals surface area contributed by atoms with Crippen molar-refractivity contribution in [3.8, 4) is 17.6 Å². The van der Waals surface area contributed by atoms with E-state index in [1.54, 1.807) is 29.2 Å². The van der Waals surface area contributed by atoms with E-state index in [-0.39, 0.29) is 45.2 Å². The minimum absolute atomic E-state index is 0.0376. The lowest BCUT2D eigenvalue weighted by Gasteiger charge is -2.18. The lowest BCUT2D eigenvalue weighted by molar-refractivity contribution is -0.117. The van der Waals surface area contributed by atoms with Crippen LogP contribution in [0.3, 0.4) is 0 Å². The van der Waals surface area contributed by atoms with Gasteiger partial charge >= 0.3 is 0 Å². The van der Waals surface area contributed by atoms with Gasteiger partial charge in [-0.2, -0.15) is 5.26 Å². The predicted octanol–water partition coefficient (Wildman–Crippen LogP) is 4.31. The van der Waals surface area contributed by atoms with Crippen LogP contribution >= 0.6 is 11.6 Å². The highest BCUT2D eigenvalue weighted by Crippen LogP contribution is 2.38. The predicted molar refractivity (Wildman–Crippen MR) is 120 cm³/mol. The average Bonchev–Trinajstić information content (AvgIpc) is 3.16. The van der Waals surface area contributed by atoms with Crippen LogP contribution in [0.5, 0.6) is 11.5 Å². The summed E-state index contributed by atoms with van der Waals surface area (Å²) in [5, 5.41) is 14.6. The summed E-state index contributed by atoms with van der Waals surface area (Å²) in [6.45, 7) is 0.359. The summed E-state index contributed by atoms with van der Waals surface area (Å²) in [5.41, 5.74) is 1.10. The van der Waals surface area contributed by atoms with Gasteiger partial charge in [-0.1, -0.05) is 23.7 Å². The Morgan fingerprint density at radius 3 is 2.52 bits per heavy atom. The first kappa shape index (κ1) is 22.7. The zero-order chi connectivity index (χ0) is 23.8. The Balaban J connectivity index is 1.58. The molecule has 1 saturated heterocycles. The fourth-order valence-corrected chi connectivity index (χ4v) is 4.34. The molecule has 0 spiro atoms. The van der Waals surface area contributed by atoms with Gasteiger partial charge in [-0.15, -0.1) is 0 Å². The van der Waals surface area contributed by atoms with Crippen LogP contribution < -0.4 is 14.8 Å². The van der Waals surface area contributed by atoms with Crippen LogP contribution in [0.15, 0.2) is 65.6 Å². The van der Waals surface area contributed by atoms with Crippen LogP contribution in [-0.4, -0.2) is 20.9 Å². The van der Waals surface area contributed by atoms with Crippen LogP contribution in [0, 0.1) is 17.1 Å². The summed E-state index contributed by atoms with van der Waals surface area (Å²) in [6, 6.07) is 16.7.